The molecule has 0 bridgehead atoms. The maximum absolute atomic E-state index is 9.46. The summed E-state index contributed by atoms with van der Waals surface area (Å²) < 4.78 is 0. The van der Waals surface area contributed by atoms with E-state index in [9.17, 15) is 5.11 Å². The summed E-state index contributed by atoms with van der Waals surface area (Å²) in [5.41, 5.74) is -0.395. The lowest BCUT2D eigenvalue weighted by molar-refractivity contribution is -0.125. The molecule has 3 nitrogen and oxygen atoms in total. The maximum atomic E-state index is 9.46. The Labute approximate surface area is 67.6 Å². The van der Waals surface area contributed by atoms with Crippen LogP contribution in [-0.2, 0) is 0 Å². The number of nitrogens with zero attached hydrogens (tertiary/aromatic N) is 2. The van der Waals surface area contributed by atoms with Gasteiger partial charge in [-0.05, 0) is 14.0 Å². The smallest absolute Gasteiger partial charge is 0.0872 e. The predicted molar refractivity (Wildman–Crippen MR) is 43.5 cm³/mol. The van der Waals surface area contributed by atoms with E-state index in [1.165, 1.54) is 13.1 Å². The lowest BCUT2D eigenvalue weighted by Gasteiger charge is -2.53. The molecule has 0 aromatic carbocycles. The number of rotatable bonds is 1. The Bertz CT molecular complexity index is 155. The Kier molecular flexibility index (Phi) is 1.50. The predicted octanol–water partition coefficient (Wildman–Crippen LogP) is -0.633. The fraction of sp³-hybridized carbons (Fsp3) is 1.00. The maximum Gasteiger partial charge on any atom is 0.0872 e. The molecule has 2 aliphatic rings. The van der Waals surface area contributed by atoms with Crippen LogP contribution in [0.2, 0.25) is 0 Å². The van der Waals surface area contributed by atoms with Crippen LogP contribution in [0.5, 0.6) is 0 Å². The highest BCUT2D eigenvalue weighted by atomic mass is 16.3. The summed E-state index contributed by atoms with van der Waals surface area (Å²) in [6.07, 6.45) is 0. The molecule has 2 heterocycles. The molecule has 0 radical (unpaired) electrons. The van der Waals surface area contributed by atoms with Crippen molar-refractivity contribution in [3.8, 4) is 0 Å². The van der Waals surface area contributed by atoms with Crippen molar-refractivity contribution in [3.63, 3.8) is 0 Å². The molecule has 1 N–H and O–H groups in total. The fourth-order valence-corrected chi connectivity index (χ4v) is 1.98. The molecule has 0 amide bonds. The number of likely N-dealkylation sites (tertiary alicyclic amines) is 2. The minimum atomic E-state index is -0.395. The highest BCUT2D eigenvalue weighted by molar-refractivity contribution is 4.99. The lowest BCUT2D eigenvalue weighted by atomic mass is 9.92. The summed E-state index contributed by atoms with van der Waals surface area (Å²) in [6.45, 7) is 6.00. The van der Waals surface area contributed by atoms with Crippen LogP contribution in [-0.4, -0.2) is 59.8 Å². The molecule has 64 valence electrons. The molecule has 0 saturated carbocycles. The summed E-state index contributed by atoms with van der Waals surface area (Å²) in [5.74, 6) is 0. The Morgan fingerprint density at radius 1 is 1.36 bits per heavy atom. The zero-order valence-corrected chi connectivity index (χ0v) is 7.25. The van der Waals surface area contributed by atoms with Crippen molar-refractivity contribution in [2.45, 2.75) is 18.6 Å². The Balaban J connectivity index is 1.76. The molecular formula is C8H16N2O. The first-order valence-corrected chi connectivity index (χ1v) is 4.22. The van der Waals surface area contributed by atoms with Gasteiger partial charge in [-0.1, -0.05) is 0 Å². The molecule has 0 unspecified atom stereocenters. The highest BCUT2D eigenvalue weighted by Gasteiger charge is 2.43. The van der Waals surface area contributed by atoms with Crippen LogP contribution >= 0.6 is 0 Å². The second kappa shape index (κ2) is 2.19. The van der Waals surface area contributed by atoms with E-state index in [1.54, 1.807) is 0 Å². The van der Waals surface area contributed by atoms with Crippen LogP contribution in [0.4, 0.5) is 0 Å². The summed E-state index contributed by atoms with van der Waals surface area (Å²) in [7, 11) is 2.13. The Morgan fingerprint density at radius 2 is 1.91 bits per heavy atom. The van der Waals surface area contributed by atoms with Crippen LogP contribution in [0.1, 0.15) is 6.92 Å². The van der Waals surface area contributed by atoms with Crippen LogP contribution in [0.3, 0.4) is 0 Å². The number of hydrogen-bond donors (Lipinski definition) is 1. The van der Waals surface area contributed by atoms with Gasteiger partial charge in [-0.15, -0.1) is 0 Å². The summed E-state index contributed by atoms with van der Waals surface area (Å²) in [4.78, 5) is 4.66. The minimum absolute atomic E-state index is 0.395. The van der Waals surface area contributed by atoms with Crippen molar-refractivity contribution in [2.75, 3.05) is 33.2 Å². The molecule has 0 spiro atoms. The first-order chi connectivity index (χ1) is 5.07. The highest BCUT2D eigenvalue weighted by Crippen LogP contribution is 2.25. The average Bonchev–Trinajstić information content (AvgIpc) is 1.75. The van der Waals surface area contributed by atoms with Gasteiger partial charge in [-0.25, -0.2) is 0 Å². The largest absolute Gasteiger partial charge is 0.388 e. The van der Waals surface area contributed by atoms with Gasteiger partial charge >= 0.3 is 0 Å². The van der Waals surface area contributed by atoms with E-state index in [0.717, 1.165) is 19.1 Å². The fourth-order valence-electron chi connectivity index (χ4n) is 1.98. The van der Waals surface area contributed by atoms with Crippen molar-refractivity contribution in [1.82, 2.24) is 9.80 Å². The van der Waals surface area contributed by atoms with Gasteiger partial charge in [0.2, 0.25) is 0 Å². The van der Waals surface area contributed by atoms with Crippen molar-refractivity contribution < 1.29 is 5.11 Å². The molecule has 11 heavy (non-hydrogen) atoms. The number of hydrogen-bond acceptors (Lipinski definition) is 3. The molecule has 3 heteroatoms. The van der Waals surface area contributed by atoms with Crippen molar-refractivity contribution in [2.24, 2.45) is 0 Å². The van der Waals surface area contributed by atoms with Gasteiger partial charge in [0.15, 0.2) is 0 Å². The molecular weight excluding hydrogens is 140 g/mol. The van der Waals surface area contributed by atoms with E-state index < -0.39 is 5.60 Å². The Morgan fingerprint density at radius 3 is 2.27 bits per heavy atom. The van der Waals surface area contributed by atoms with E-state index in [0.29, 0.717) is 0 Å². The molecule has 2 rings (SSSR count). The monoisotopic (exact) mass is 156 g/mol. The van der Waals surface area contributed by atoms with Gasteiger partial charge in [-0.2, -0.15) is 0 Å². The molecule has 2 saturated heterocycles. The van der Waals surface area contributed by atoms with Crippen molar-refractivity contribution in [1.29, 1.82) is 0 Å². The molecule has 2 aliphatic heterocycles. The third-order valence-electron chi connectivity index (χ3n) is 2.65. The first kappa shape index (κ1) is 7.53. The third-order valence-corrected chi connectivity index (χ3v) is 2.65. The van der Waals surface area contributed by atoms with E-state index in [-0.39, 0.29) is 0 Å². The number of aliphatic hydroxyl groups is 1. The SMILES string of the molecule is CN1CC(N2CC(C)(O)C2)C1. The van der Waals surface area contributed by atoms with Crippen LogP contribution in [0, 0.1) is 0 Å². The third kappa shape index (κ3) is 1.28. The zero-order valence-electron chi connectivity index (χ0n) is 7.25. The summed E-state index contributed by atoms with van der Waals surface area (Å²) in [5, 5.41) is 9.46. The first-order valence-electron chi connectivity index (χ1n) is 4.22. The van der Waals surface area contributed by atoms with Crippen molar-refractivity contribution in [3.05, 3.63) is 0 Å². The van der Waals surface area contributed by atoms with Gasteiger partial charge in [0, 0.05) is 32.2 Å². The van der Waals surface area contributed by atoms with E-state index in [4.69, 9.17) is 0 Å². The lowest BCUT2D eigenvalue weighted by Crippen LogP contribution is -2.69. The molecule has 2 fully saturated rings. The molecule has 0 aromatic rings. The van der Waals surface area contributed by atoms with Gasteiger partial charge in [-0.3, -0.25) is 4.90 Å². The number of β-amino-alcohol motifs (C(OH)–C–C–N with tert-alkyl or cyclic N) is 1. The van der Waals surface area contributed by atoms with Gasteiger partial charge in [0.25, 0.3) is 0 Å². The van der Waals surface area contributed by atoms with Gasteiger partial charge in [0.1, 0.15) is 0 Å². The van der Waals surface area contributed by atoms with Crippen LogP contribution in [0.15, 0.2) is 0 Å². The molecule has 0 atom stereocenters. The topological polar surface area (TPSA) is 26.7 Å². The van der Waals surface area contributed by atoms with Gasteiger partial charge in [0.05, 0.1) is 5.60 Å². The standard InChI is InChI=1S/C8H16N2O/c1-8(11)5-10(6-8)7-3-9(2)4-7/h7,11H,3-6H2,1-2H3. The summed E-state index contributed by atoms with van der Waals surface area (Å²) in [6, 6.07) is 0.722. The second-order valence-electron chi connectivity index (χ2n) is 4.28. The van der Waals surface area contributed by atoms with E-state index in [2.05, 4.69) is 16.8 Å². The Hall–Kier alpha value is -0.120. The van der Waals surface area contributed by atoms with E-state index in [1.807, 2.05) is 6.92 Å². The minimum Gasteiger partial charge on any atom is -0.388 e. The quantitative estimate of drug-likeness (QED) is 0.547. The van der Waals surface area contributed by atoms with Crippen LogP contribution < -0.4 is 0 Å². The summed E-state index contributed by atoms with van der Waals surface area (Å²) >= 11 is 0. The van der Waals surface area contributed by atoms with E-state index >= 15 is 0 Å². The zero-order chi connectivity index (χ0) is 8.06. The number of likely N-dealkylation sites (N-methyl/N-ethyl adjacent to an activating group) is 1. The second-order valence-corrected chi connectivity index (χ2v) is 4.28. The van der Waals surface area contributed by atoms with Crippen molar-refractivity contribution >= 4 is 0 Å². The normalized spacial score (nSPS) is 33.0. The van der Waals surface area contributed by atoms with Crippen LogP contribution in [0.25, 0.3) is 0 Å². The molecule has 0 aliphatic carbocycles. The average molecular weight is 156 g/mol. The van der Waals surface area contributed by atoms with Gasteiger partial charge < -0.3 is 10.0 Å². The molecule has 0 aromatic heterocycles.